The van der Waals surface area contributed by atoms with Crippen molar-refractivity contribution in [1.29, 1.82) is 0 Å². The fraction of sp³-hybridized carbons (Fsp3) is 0.857. The molecular formula is C14H25NO4S. The Hall–Kier alpha value is -0.910. The molecule has 0 heterocycles. The maximum Gasteiger partial charge on any atom is 0.235 e. The summed E-state index contributed by atoms with van der Waals surface area (Å²) in [7, 11) is -3.40. The summed E-state index contributed by atoms with van der Waals surface area (Å²) in [5.41, 5.74) is 0. The molecule has 1 amide bonds. The predicted octanol–water partition coefficient (Wildman–Crippen LogP) is 1.46. The zero-order valence-electron chi connectivity index (χ0n) is 12.5. The average molecular weight is 303 g/mol. The van der Waals surface area contributed by atoms with Gasteiger partial charge in [-0.05, 0) is 25.7 Å². The third-order valence-corrected chi connectivity index (χ3v) is 5.97. The average Bonchev–Trinajstić information content (AvgIpc) is 2.35. The molecule has 20 heavy (non-hydrogen) atoms. The maximum atomic E-state index is 12.2. The van der Waals surface area contributed by atoms with E-state index in [-0.39, 0.29) is 11.7 Å². The van der Waals surface area contributed by atoms with Gasteiger partial charge < -0.3 is 5.32 Å². The number of amides is 1. The number of ketones is 1. The van der Waals surface area contributed by atoms with Crippen molar-refractivity contribution in [2.45, 2.75) is 64.2 Å². The lowest BCUT2D eigenvalue weighted by Crippen LogP contribution is -2.46. The Balaban J connectivity index is 2.62. The number of hydrogen-bond acceptors (Lipinski definition) is 4. The number of carbonyl (C=O) groups is 2. The molecule has 0 radical (unpaired) electrons. The molecule has 5 nitrogen and oxygen atoms in total. The number of carbonyl (C=O) groups excluding carboxylic acids is 2. The van der Waals surface area contributed by atoms with Gasteiger partial charge in [0, 0.05) is 0 Å². The van der Waals surface area contributed by atoms with Crippen LogP contribution in [-0.4, -0.2) is 37.2 Å². The molecule has 0 aliphatic heterocycles. The zero-order chi connectivity index (χ0) is 15.3. The lowest BCUT2D eigenvalue weighted by molar-refractivity contribution is -0.126. The minimum atomic E-state index is -3.40. The molecule has 0 aromatic rings. The predicted molar refractivity (Wildman–Crippen MR) is 78.1 cm³/mol. The summed E-state index contributed by atoms with van der Waals surface area (Å²) >= 11 is 0. The Morgan fingerprint density at radius 2 is 1.70 bits per heavy atom. The third-order valence-electron chi connectivity index (χ3n) is 3.81. The van der Waals surface area contributed by atoms with Crippen LogP contribution in [0.15, 0.2) is 0 Å². The lowest BCUT2D eigenvalue weighted by Gasteiger charge is -2.23. The monoisotopic (exact) mass is 303 g/mol. The van der Waals surface area contributed by atoms with Crippen molar-refractivity contribution < 1.29 is 18.0 Å². The first-order valence-electron chi connectivity index (χ1n) is 7.25. The third kappa shape index (κ3) is 4.89. The van der Waals surface area contributed by atoms with E-state index < -0.39 is 32.8 Å². The Labute approximate surface area is 121 Å². The van der Waals surface area contributed by atoms with Gasteiger partial charge in [0.15, 0.2) is 15.6 Å². The topological polar surface area (TPSA) is 80.3 Å². The molecule has 0 aromatic heterocycles. The maximum absolute atomic E-state index is 12.2. The van der Waals surface area contributed by atoms with Crippen LogP contribution in [0, 0.1) is 5.92 Å². The first kappa shape index (κ1) is 17.1. The quantitative estimate of drug-likeness (QED) is 0.805. The van der Waals surface area contributed by atoms with E-state index in [0.29, 0.717) is 12.8 Å². The molecule has 116 valence electrons. The second-order valence-electron chi connectivity index (χ2n) is 5.97. The van der Waals surface area contributed by atoms with E-state index in [4.69, 9.17) is 0 Å². The van der Waals surface area contributed by atoms with E-state index in [1.165, 1.54) is 6.92 Å². The summed E-state index contributed by atoms with van der Waals surface area (Å²) in [5.74, 6) is -1.27. The van der Waals surface area contributed by atoms with Crippen molar-refractivity contribution in [1.82, 2.24) is 5.32 Å². The smallest absolute Gasteiger partial charge is 0.235 e. The standard InChI is InChI=1S/C14H25NO4S/c1-10(2)14(11(3)16)15-13(17)9-20(18,19)12-7-5-4-6-8-12/h10,12,14H,4-9H2,1-3H3,(H,15,17). The fourth-order valence-corrected chi connectivity index (χ4v) is 4.41. The van der Waals surface area contributed by atoms with Crippen LogP contribution in [0.1, 0.15) is 52.9 Å². The largest absolute Gasteiger partial charge is 0.345 e. The van der Waals surface area contributed by atoms with Crippen molar-refractivity contribution >= 4 is 21.5 Å². The van der Waals surface area contributed by atoms with Crippen LogP contribution < -0.4 is 5.32 Å². The van der Waals surface area contributed by atoms with Gasteiger partial charge in [-0.1, -0.05) is 33.1 Å². The highest BCUT2D eigenvalue weighted by molar-refractivity contribution is 7.92. The van der Waals surface area contributed by atoms with Gasteiger partial charge in [0.1, 0.15) is 5.75 Å². The Bertz CT molecular complexity index is 450. The molecule has 1 N–H and O–H groups in total. The van der Waals surface area contributed by atoms with E-state index in [9.17, 15) is 18.0 Å². The van der Waals surface area contributed by atoms with Crippen molar-refractivity contribution in [3.05, 3.63) is 0 Å². The van der Waals surface area contributed by atoms with Crippen molar-refractivity contribution in [3.63, 3.8) is 0 Å². The van der Waals surface area contributed by atoms with Gasteiger partial charge in [-0.15, -0.1) is 0 Å². The van der Waals surface area contributed by atoms with Gasteiger partial charge in [0.25, 0.3) is 0 Å². The van der Waals surface area contributed by atoms with Gasteiger partial charge in [-0.3, -0.25) is 9.59 Å². The highest BCUT2D eigenvalue weighted by atomic mass is 32.2. The lowest BCUT2D eigenvalue weighted by atomic mass is 10.0. The van der Waals surface area contributed by atoms with Gasteiger partial charge in [-0.2, -0.15) is 0 Å². The van der Waals surface area contributed by atoms with E-state index in [1.807, 2.05) is 13.8 Å². The molecule has 1 rings (SSSR count). The summed E-state index contributed by atoms with van der Waals surface area (Å²) in [6, 6.07) is -0.607. The molecule has 0 aromatic carbocycles. The summed E-state index contributed by atoms with van der Waals surface area (Å²) in [4.78, 5) is 23.3. The second kappa shape index (κ2) is 7.20. The van der Waals surface area contributed by atoms with Crippen LogP contribution in [0.2, 0.25) is 0 Å². The van der Waals surface area contributed by atoms with Crippen LogP contribution >= 0.6 is 0 Å². The summed E-state index contributed by atoms with van der Waals surface area (Å²) in [6.07, 6.45) is 4.19. The first-order valence-corrected chi connectivity index (χ1v) is 8.97. The van der Waals surface area contributed by atoms with Crippen LogP contribution in [0.5, 0.6) is 0 Å². The molecule has 1 aliphatic rings. The summed E-state index contributed by atoms with van der Waals surface area (Å²) in [6.45, 7) is 5.05. The second-order valence-corrected chi connectivity index (χ2v) is 8.25. The van der Waals surface area contributed by atoms with E-state index in [2.05, 4.69) is 5.32 Å². The van der Waals surface area contributed by atoms with Gasteiger partial charge >= 0.3 is 0 Å². The number of Topliss-reactive ketones (excluding diaryl/α,β-unsaturated/α-hetero) is 1. The number of sulfone groups is 1. The Morgan fingerprint density at radius 1 is 1.15 bits per heavy atom. The van der Waals surface area contributed by atoms with Gasteiger partial charge in [0.2, 0.25) is 5.91 Å². The minimum absolute atomic E-state index is 0.0474. The van der Waals surface area contributed by atoms with Crippen LogP contribution in [0.25, 0.3) is 0 Å². The van der Waals surface area contributed by atoms with Crippen LogP contribution in [0.3, 0.4) is 0 Å². The molecule has 1 aliphatic carbocycles. The number of rotatable bonds is 6. The van der Waals surface area contributed by atoms with E-state index in [0.717, 1.165) is 19.3 Å². The van der Waals surface area contributed by atoms with Crippen molar-refractivity contribution in [2.24, 2.45) is 5.92 Å². The van der Waals surface area contributed by atoms with Crippen molar-refractivity contribution in [3.8, 4) is 0 Å². The zero-order valence-corrected chi connectivity index (χ0v) is 13.3. The first-order chi connectivity index (χ1) is 9.24. The summed E-state index contributed by atoms with van der Waals surface area (Å²) in [5, 5.41) is 2.15. The van der Waals surface area contributed by atoms with Crippen LogP contribution in [0.4, 0.5) is 0 Å². The molecular weight excluding hydrogens is 278 g/mol. The minimum Gasteiger partial charge on any atom is -0.345 e. The normalized spacial score (nSPS) is 18.8. The Morgan fingerprint density at radius 3 is 2.15 bits per heavy atom. The molecule has 1 atom stereocenters. The summed E-state index contributed by atoms with van der Waals surface area (Å²) < 4.78 is 24.3. The molecule has 0 bridgehead atoms. The number of hydrogen-bond donors (Lipinski definition) is 1. The molecule has 6 heteroatoms. The molecule has 1 saturated carbocycles. The SMILES string of the molecule is CC(=O)C(NC(=O)CS(=O)(=O)C1CCCCC1)C(C)C. The number of nitrogens with one attached hydrogen (secondary N) is 1. The molecule has 1 fully saturated rings. The van der Waals surface area contributed by atoms with Crippen molar-refractivity contribution in [2.75, 3.05) is 5.75 Å². The fourth-order valence-electron chi connectivity index (χ4n) is 2.68. The Kier molecular flexibility index (Phi) is 6.17. The molecule has 1 unspecified atom stereocenters. The molecule has 0 saturated heterocycles. The van der Waals surface area contributed by atoms with E-state index in [1.54, 1.807) is 0 Å². The van der Waals surface area contributed by atoms with Gasteiger partial charge in [0.05, 0.1) is 11.3 Å². The van der Waals surface area contributed by atoms with Gasteiger partial charge in [-0.25, -0.2) is 8.42 Å². The van der Waals surface area contributed by atoms with Crippen LogP contribution in [-0.2, 0) is 19.4 Å². The molecule has 0 spiro atoms. The highest BCUT2D eigenvalue weighted by Crippen LogP contribution is 2.24. The highest BCUT2D eigenvalue weighted by Gasteiger charge is 2.30. The van der Waals surface area contributed by atoms with E-state index >= 15 is 0 Å².